The highest BCUT2D eigenvalue weighted by atomic mass is 16.5. The zero-order valence-electron chi connectivity index (χ0n) is 13.8. The monoisotopic (exact) mass is 306 g/mol. The summed E-state index contributed by atoms with van der Waals surface area (Å²) >= 11 is 0. The number of rotatable bonds is 7. The molecule has 1 aromatic rings. The highest BCUT2D eigenvalue weighted by molar-refractivity contribution is 5.93. The first kappa shape index (κ1) is 18.0. The maximum atomic E-state index is 11.8. The number of hydrogen-bond donors (Lipinski definition) is 2. The lowest BCUT2D eigenvalue weighted by molar-refractivity contribution is 0.0827. The quantitative estimate of drug-likeness (QED) is 0.450. The molecule has 0 spiro atoms. The molecule has 0 aliphatic heterocycles. The Morgan fingerprint density at radius 3 is 2.45 bits per heavy atom. The Balaban J connectivity index is 2.63. The summed E-state index contributed by atoms with van der Waals surface area (Å²) in [6, 6.07) is 7.52. The van der Waals surface area contributed by atoms with Crippen molar-refractivity contribution >= 4 is 11.9 Å². The smallest absolute Gasteiger partial charge is 0.253 e. The van der Waals surface area contributed by atoms with Crippen LogP contribution in [-0.2, 0) is 11.3 Å². The molecule has 0 heterocycles. The van der Waals surface area contributed by atoms with Crippen LogP contribution in [0.5, 0.6) is 0 Å². The van der Waals surface area contributed by atoms with E-state index in [4.69, 9.17) is 4.74 Å². The molecule has 6 heteroatoms. The number of nitrogens with zero attached hydrogens (tertiary/aromatic N) is 2. The van der Waals surface area contributed by atoms with E-state index in [0.717, 1.165) is 18.1 Å². The Labute approximate surface area is 132 Å². The van der Waals surface area contributed by atoms with Crippen LogP contribution in [0.4, 0.5) is 0 Å². The molecule has 0 bridgehead atoms. The van der Waals surface area contributed by atoms with Gasteiger partial charge in [-0.05, 0) is 24.6 Å². The molecule has 0 fully saturated rings. The molecule has 1 aromatic carbocycles. The van der Waals surface area contributed by atoms with Gasteiger partial charge in [-0.25, -0.2) is 4.99 Å². The van der Waals surface area contributed by atoms with Crippen molar-refractivity contribution in [1.29, 1.82) is 0 Å². The lowest BCUT2D eigenvalue weighted by Gasteiger charge is -2.11. The minimum atomic E-state index is 0.00428. The molecular formula is C16H26N4O2. The third kappa shape index (κ3) is 6.13. The number of carbonyl (C=O) groups is 1. The number of nitrogens with one attached hydrogen (secondary N) is 2. The van der Waals surface area contributed by atoms with Crippen LogP contribution in [0.3, 0.4) is 0 Å². The van der Waals surface area contributed by atoms with Gasteiger partial charge in [-0.3, -0.25) is 4.79 Å². The molecule has 0 aliphatic rings. The number of carbonyl (C=O) groups excluding carboxylic acids is 1. The van der Waals surface area contributed by atoms with Gasteiger partial charge < -0.3 is 20.3 Å². The predicted octanol–water partition coefficient (Wildman–Crippen LogP) is 1.09. The van der Waals surface area contributed by atoms with E-state index in [0.29, 0.717) is 25.3 Å². The molecule has 122 valence electrons. The number of hydrogen-bond acceptors (Lipinski definition) is 3. The van der Waals surface area contributed by atoms with Crippen molar-refractivity contribution in [2.24, 2.45) is 4.99 Å². The van der Waals surface area contributed by atoms with Gasteiger partial charge in [0.15, 0.2) is 5.96 Å². The molecule has 2 N–H and O–H groups in total. The van der Waals surface area contributed by atoms with Crippen LogP contribution in [0.25, 0.3) is 0 Å². The molecule has 0 saturated heterocycles. The number of benzene rings is 1. The third-order valence-electron chi connectivity index (χ3n) is 2.97. The van der Waals surface area contributed by atoms with Gasteiger partial charge in [-0.1, -0.05) is 12.1 Å². The summed E-state index contributed by atoms with van der Waals surface area (Å²) < 4.78 is 5.01. The van der Waals surface area contributed by atoms with E-state index in [1.54, 1.807) is 26.1 Å². The molecular weight excluding hydrogens is 280 g/mol. The summed E-state index contributed by atoms with van der Waals surface area (Å²) in [5.41, 5.74) is 1.74. The van der Waals surface area contributed by atoms with Gasteiger partial charge in [0.05, 0.1) is 13.2 Å². The van der Waals surface area contributed by atoms with Crippen LogP contribution >= 0.6 is 0 Å². The van der Waals surface area contributed by atoms with E-state index in [-0.39, 0.29) is 5.91 Å². The van der Waals surface area contributed by atoms with Gasteiger partial charge in [-0.2, -0.15) is 0 Å². The highest BCUT2D eigenvalue weighted by Crippen LogP contribution is 2.07. The van der Waals surface area contributed by atoms with E-state index in [1.165, 1.54) is 0 Å². The summed E-state index contributed by atoms with van der Waals surface area (Å²) in [7, 11) is 5.16. The molecule has 6 nitrogen and oxygen atoms in total. The average Bonchev–Trinajstić information content (AvgIpc) is 2.52. The maximum absolute atomic E-state index is 11.8. The first-order valence-electron chi connectivity index (χ1n) is 7.40. The maximum Gasteiger partial charge on any atom is 0.253 e. The fraction of sp³-hybridized carbons (Fsp3) is 0.500. The Bertz CT molecular complexity index is 483. The van der Waals surface area contributed by atoms with E-state index >= 15 is 0 Å². The van der Waals surface area contributed by atoms with Gasteiger partial charge in [-0.15, -0.1) is 0 Å². The van der Waals surface area contributed by atoms with E-state index in [2.05, 4.69) is 15.6 Å². The summed E-state index contributed by atoms with van der Waals surface area (Å²) in [5, 5.41) is 6.37. The Kier molecular flexibility index (Phi) is 7.99. The van der Waals surface area contributed by atoms with E-state index in [9.17, 15) is 4.79 Å². The van der Waals surface area contributed by atoms with Crippen LogP contribution in [0.2, 0.25) is 0 Å². The first-order chi connectivity index (χ1) is 10.6. The second-order valence-electron chi connectivity index (χ2n) is 5.01. The van der Waals surface area contributed by atoms with Gasteiger partial charge >= 0.3 is 0 Å². The molecule has 0 aliphatic carbocycles. The number of aliphatic imine (C=N–C) groups is 1. The fourth-order valence-corrected chi connectivity index (χ4v) is 1.79. The van der Waals surface area contributed by atoms with Crippen molar-refractivity contribution in [3.8, 4) is 0 Å². The lowest BCUT2D eigenvalue weighted by atomic mass is 10.1. The molecule has 1 amide bonds. The minimum Gasteiger partial charge on any atom is -0.383 e. The third-order valence-corrected chi connectivity index (χ3v) is 2.97. The van der Waals surface area contributed by atoms with Crippen molar-refractivity contribution in [3.05, 3.63) is 35.4 Å². The molecule has 0 unspecified atom stereocenters. The van der Waals surface area contributed by atoms with Gasteiger partial charge in [0.25, 0.3) is 5.91 Å². The van der Waals surface area contributed by atoms with Crippen LogP contribution in [-0.4, -0.2) is 57.7 Å². The topological polar surface area (TPSA) is 66.0 Å². The summed E-state index contributed by atoms with van der Waals surface area (Å²) in [5.74, 6) is 0.762. The summed E-state index contributed by atoms with van der Waals surface area (Å²) in [4.78, 5) is 17.9. The van der Waals surface area contributed by atoms with Crippen molar-refractivity contribution in [2.45, 2.75) is 13.5 Å². The molecule has 0 radical (unpaired) electrons. The van der Waals surface area contributed by atoms with Crippen molar-refractivity contribution in [2.75, 3.05) is 40.9 Å². The number of ether oxygens (including phenoxy) is 1. The molecule has 0 atom stereocenters. The summed E-state index contributed by atoms with van der Waals surface area (Å²) in [6.07, 6.45) is 0. The SMILES string of the molecule is CCNC(=NCc1ccc(C(=O)N(C)C)cc1)NCCOC. The van der Waals surface area contributed by atoms with Gasteiger partial charge in [0, 0.05) is 39.9 Å². The zero-order chi connectivity index (χ0) is 16.4. The minimum absolute atomic E-state index is 0.00428. The van der Waals surface area contributed by atoms with Crippen LogP contribution in [0, 0.1) is 0 Å². The highest BCUT2D eigenvalue weighted by Gasteiger charge is 2.07. The van der Waals surface area contributed by atoms with E-state index in [1.807, 2.05) is 31.2 Å². The lowest BCUT2D eigenvalue weighted by Crippen LogP contribution is -2.38. The van der Waals surface area contributed by atoms with Crippen LogP contribution in [0.1, 0.15) is 22.8 Å². The Morgan fingerprint density at radius 2 is 1.91 bits per heavy atom. The molecule has 1 rings (SSSR count). The zero-order valence-corrected chi connectivity index (χ0v) is 13.8. The van der Waals surface area contributed by atoms with Gasteiger partial charge in [0.1, 0.15) is 0 Å². The average molecular weight is 306 g/mol. The summed E-state index contributed by atoms with van der Waals surface area (Å²) in [6.45, 7) is 4.72. The van der Waals surface area contributed by atoms with Crippen LogP contribution < -0.4 is 10.6 Å². The number of amides is 1. The van der Waals surface area contributed by atoms with Crippen molar-refractivity contribution in [3.63, 3.8) is 0 Å². The second-order valence-corrected chi connectivity index (χ2v) is 5.01. The van der Waals surface area contributed by atoms with Crippen molar-refractivity contribution < 1.29 is 9.53 Å². The van der Waals surface area contributed by atoms with Crippen molar-refractivity contribution in [1.82, 2.24) is 15.5 Å². The largest absolute Gasteiger partial charge is 0.383 e. The normalized spacial score (nSPS) is 11.2. The molecule has 0 saturated carbocycles. The number of methoxy groups -OCH3 is 1. The standard InChI is InChI=1S/C16H26N4O2/c1-5-17-16(18-10-11-22-4)19-12-13-6-8-14(9-7-13)15(21)20(2)3/h6-9H,5,10-12H2,1-4H3,(H2,17,18,19). The number of guanidine groups is 1. The predicted molar refractivity (Wildman–Crippen MR) is 89.2 cm³/mol. The first-order valence-corrected chi connectivity index (χ1v) is 7.40. The second kappa shape index (κ2) is 9.78. The van der Waals surface area contributed by atoms with Crippen LogP contribution in [0.15, 0.2) is 29.3 Å². The van der Waals surface area contributed by atoms with Gasteiger partial charge in [0.2, 0.25) is 0 Å². The molecule has 22 heavy (non-hydrogen) atoms. The Morgan fingerprint density at radius 1 is 1.23 bits per heavy atom. The van der Waals surface area contributed by atoms with E-state index < -0.39 is 0 Å². The Hall–Kier alpha value is -2.08. The molecule has 0 aromatic heterocycles. The fourth-order valence-electron chi connectivity index (χ4n) is 1.79.